The summed E-state index contributed by atoms with van der Waals surface area (Å²) < 4.78 is 60.1. The standard InChI is InChI=1S/C5H8F3NO3S/c6-5(7,8)13(10,11)12-4-1-2-9-3-4/h4,9H,1-3H2/t4-/m0/s1. The minimum atomic E-state index is -5.42. The van der Waals surface area contributed by atoms with Gasteiger partial charge in [0.25, 0.3) is 0 Å². The van der Waals surface area contributed by atoms with Gasteiger partial charge >= 0.3 is 15.6 Å². The van der Waals surface area contributed by atoms with Crippen molar-refractivity contribution in [2.45, 2.75) is 18.0 Å². The highest BCUT2D eigenvalue weighted by Gasteiger charge is 2.48. The molecule has 1 aliphatic rings. The molecule has 1 heterocycles. The van der Waals surface area contributed by atoms with E-state index in [-0.39, 0.29) is 13.0 Å². The predicted octanol–water partition coefficient (Wildman–Crippen LogP) is 0.215. The molecule has 1 atom stereocenters. The molecule has 0 bridgehead atoms. The maximum atomic E-state index is 11.8. The Morgan fingerprint density at radius 2 is 2.00 bits per heavy atom. The van der Waals surface area contributed by atoms with Crippen LogP contribution in [0.15, 0.2) is 0 Å². The second-order valence-electron chi connectivity index (χ2n) is 2.61. The van der Waals surface area contributed by atoms with Crippen molar-refractivity contribution in [3.63, 3.8) is 0 Å². The SMILES string of the molecule is O=S(=O)(O[C@H]1CCNC1)C(F)(F)F. The lowest BCUT2D eigenvalue weighted by Gasteiger charge is -2.12. The fraction of sp³-hybridized carbons (Fsp3) is 1.00. The Hall–Kier alpha value is -0.340. The van der Waals surface area contributed by atoms with Crippen LogP contribution in [-0.2, 0) is 14.3 Å². The van der Waals surface area contributed by atoms with Gasteiger partial charge in [0.05, 0.1) is 6.10 Å². The Bertz CT molecular complexity index is 267. The summed E-state index contributed by atoms with van der Waals surface area (Å²) in [5, 5.41) is 2.69. The van der Waals surface area contributed by atoms with Crippen LogP contribution in [0.2, 0.25) is 0 Å². The molecule has 1 N–H and O–H groups in total. The van der Waals surface area contributed by atoms with E-state index in [9.17, 15) is 21.6 Å². The number of rotatable bonds is 2. The van der Waals surface area contributed by atoms with Crippen LogP contribution in [0.25, 0.3) is 0 Å². The van der Waals surface area contributed by atoms with Gasteiger partial charge in [-0.05, 0) is 13.0 Å². The van der Waals surface area contributed by atoms with Crippen LogP contribution in [0.1, 0.15) is 6.42 Å². The van der Waals surface area contributed by atoms with E-state index in [1.807, 2.05) is 0 Å². The molecule has 13 heavy (non-hydrogen) atoms. The van der Waals surface area contributed by atoms with Gasteiger partial charge in [0.15, 0.2) is 0 Å². The van der Waals surface area contributed by atoms with Gasteiger partial charge in [0.2, 0.25) is 0 Å². The molecule has 4 nitrogen and oxygen atoms in total. The lowest BCUT2D eigenvalue weighted by molar-refractivity contribution is -0.0567. The van der Waals surface area contributed by atoms with E-state index in [0.29, 0.717) is 6.54 Å². The van der Waals surface area contributed by atoms with Gasteiger partial charge in [-0.2, -0.15) is 21.6 Å². The van der Waals surface area contributed by atoms with Crippen molar-refractivity contribution in [1.82, 2.24) is 5.32 Å². The summed E-state index contributed by atoms with van der Waals surface area (Å²) >= 11 is 0. The van der Waals surface area contributed by atoms with E-state index in [2.05, 4.69) is 9.50 Å². The normalized spacial score (nSPS) is 25.0. The van der Waals surface area contributed by atoms with E-state index in [1.54, 1.807) is 0 Å². The summed E-state index contributed by atoms with van der Waals surface area (Å²) in [7, 11) is -5.42. The van der Waals surface area contributed by atoms with Crippen molar-refractivity contribution in [3.8, 4) is 0 Å². The summed E-state index contributed by atoms with van der Waals surface area (Å²) in [6.07, 6.45) is -0.624. The third-order valence-corrected chi connectivity index (χ3v) is 2.65. The minimum Gasteiger partial charge on any atom is -0.314 e. The van der Waals surface area contributed by atoms with Crippen molar-refractivity contribution in [2.75, 3.05) is 13.1 Å². The molecule has 1 saturated heterocycles. The molecular formula is C5H8F3NO3S. The Morgan fingerprint density at radius 3 is 2.38 bits per heavy atom. The first-order chi connectivity index (χ1) is 5.83. The van der Waals surface area contributed by atoms with Crippen molar-refractivity contribution in [3.05, 3.63) is 0 Å². The third-order valence-electron chi connectivity index (χ3n) is 1.56. The number of hydrogen-bond donors (Lipinski definition) is 1. The quantitative estimate of drug-likeness (QED) is 0.533. The van der Waals surface area contributed by atoms with Crippen LogP contribution in [0.4, 0.5) is 13.2 Å². The number of hydrogen-bond acceptors (Lipinski definition) is 4. The predicted molar refractivity (Wildman–Crippen MR) is 37.3 cm³/mol. The second-order valence-corrected chi connectivity index (χ2v) is 4.17. The number of alkyl halides is 3. The van der Waals surface area contributed by atoms with E-state index in [1.165, 1.54) is 0 Å². The largest absolute Gasteiger partial charge is 0.523 e. The summed E-state index contributed by atoms with van der Waals surface area (Å²) in [6, 6.07) is 0. The Morgan fingerprint density at radius 1 is 1.38 bits per heavy atom. The number of halogens is 3. The van der Waals surface area contributed by atoms with E-state index >= 15 is 0 Å². The second kappa shape index (κ2) is 3.43. The molecule has 0 unspecified atom stereocenters. The van der Waals surface area contributed by atoms with Gasteiger partial charge < -0.3 is 5.32 Å². The minimum absolute atomic E-state index is 0.134. The molecule has 0 aromatic heterocycles. The van der Waals surface area contributed by atoms with E-state index in [0.717, 1.165) is 0 Å². The average Bonchev–Trinajstić information content (AvgIpc) is 2.35. The zero-order valence-corrected chi connectivity index (χ0v) is 7.28. The highest BCUT2D eigenvalue weighted by atomic mass is 32.2. The first-order valence-electron chi connectivity index (χ1n) is 3.53. The highest BCUT2D eigenvalue weighted by Crippen LogP contribution is 2.26. The summed E-state index contributed by atoms with van der Waals surface area (Å²) in [4.78, 5) is 0. The molecular weight excluding hydrogens is 211 g/mol. The highest BCUT2D eigenvalue weighted by molar-refractivity contribution is 7.87. The van der Waals surface area contributed by atoms with Gasteiger partial charge in [-0.25, -0.2) is 0 Å². The maximum Gasteiger partial charge on any atom is 0.523 e. The zero-order valence-electron chi connectivity index (χ0n) is 6.47. The van der Waals surface area contributed by atoms with E-state index < -0.39 is 21.7 Å². The molecule has 0 aromatic carbocycles. The molecule has 0 amide bonds. The summed E-state index contributed by atoms with van der Waals surface area (Å²) in [6.45, 7) is 0.605. The molecule has 0 aliphatic carbocycles. The van der Waals surface area contributed by atoms with Gasteiger partial charge in [0, 0.05) is 6.54 Å². The zero-order chi connectivity index (χ0) is 10.1. The van der Waals surface area contributed by atoms with Crippen molar-refractivity contribution in [2.24, 2.45) is 0 Å². The Labute approximate surface area is 73.2 Å². The lowest BCUT2D eigenvalue weighted by Crippen LogP contribution is -2.31. The van der Waals surface area contributed by atoms with Gasteiger partial charge in [-0.15, -0.1) is 0 Å². The first-order valence-corrected chi connectivity index (χ1v) is 4.94. The fourth-order valence-corrected chi connectivity index (χ4v) is 1.58. The first kappa shape index (κ1) is 10.7. The summed E-state index contributed by atoms with van der Waals surface area (Å²) in [5.74, 6) is 0. The van der Waals surface area contributed by atoms with Crippen LogP contribution in [-0.4, -0.2) is 33.1 Å². The fourth-order valence-electron chi connectivity index (χ4n) is 0.944. The molecule has 0 aromatic rings. The van der Waals surface area contributed by atoms with Gasteiger partial charge in [0.1, 0.15) is 0 Å². The summed E-state index contributed by atoms with van der Waals surface area (Å²) in [5.41, 5.74) is -5.32. The van der Waals surface area contributed by atoms with Crippen LogP contribution in [0.3, 0.4) is 0 Å². The van der Waals surface area contributed by atoms with Crippen molar-refractivity contribution < 1.29 is 25.8 Å². The van der Waals surface area contributed by atoms with Crippen molar-refractivity contribution >= 4 is 10.1 Å². The van der Waals surface area contributed by atoms with Crippen LogP contribution >= 0.6 is 0 Å². The Kier molecular flexibility index (Phi) is 2.83. The Balaban J connectivity index is 2.62. The topological polar surface area (TPSA) is 55.4 Å². The molecule has 0 radical (unpaired) electrons. The molecule has 0 saturated carbocycles. The van der Waals surface area contributed by atoms with Crippen LogP contribution in [0.5, 0.6) is 0 Å². The number of nitrogens with one attached hydrogen (secondary N) is 1. The third kappa shape index (κ3) is 2.55. The maximum absolute atomic E-state index is 11.8. The van der Waals surface area contributed by atoms with E-state index in [4.69, 9.17) is 0 Å². The molecule has 1 fully saturated rings. The monoisotopic (exact) mass is 219 g/mol. The van der Waals surface area contributed by atoms with Crippen LogP contribution < -0.4 is 5.32 Å². The molecule has 1 aliphatic heterocycles. The van der Waals surface area contributed by atoms with Gasteiger partial charge in [-0.1, -0.05) is 0 Å². The van der Waals surface area contributed by atoms with Crippen molar-refractivity contribution in [1.29, 1.82) is 0 Å². The molecule has 0 spiro atoms. The molecule has 78 valence electrons. The van der Waals surface area contributed by atoms with Crippen LogP contribution in [0, 0.1) is 0 Å². The average molecular weight is 219 g/mol. The lowest BCUT2D eigenvalue weighted by atomic mass is 10.3. The smallest absolute Gasteiger partial charge is 0.314 e. The molecule has 8 heteroatoms. The van der Waals surface area contributed by atoms with Gasteiger partial charge in [-0.3, -0.25) is 4.18 Å². The molecule has 1 rings (SSSR count).